The second kappa shape index (κ2) is 6.81. The third-order valence-corrected chi connectivity index (χ3v) is 4.78. The van der Waals surface area contributed by atoms with E-state index < -0.39 is 0 Å². The molecular weight excluding hydrogens is 386 g/mol. The fraction of sp³-hybridized carbons (Fsp3) is 0.235. The van der Waals surface area contributed by atoms with Crippen molar-refractivity contribution in [3.8, 4) is 0 Å². The third-order valence-electron chi connectivity index (χ3n) is 4.02. The van der Waals surface area contributed by atoms with Gasteiger partial charge in [0, 0.05) is 31.2 Å². The van der Waals surface area contributed by atoms with Crippen molar-refractivity contribution in [3.63, 3.8) is 0 Å². The van der Waals surface area contributed by atoms with Crippen LogP contribution < -0.4 is 10.2 Å². The zero-order chi connectivity index (χ0) is 17.2. The molecule has 0 bridgehead atoms. The predicted molar refractivity (Wildman–Crippen MR) is 98.1 cm³/mol. The number of carbonyl (C=O) groups excluding carboxylic acids is 1. The van der Waals surface area contributed by atoms with Crippen LogP contribution in [0.5, 0.6) is 0 Å². The predicted octanol–water partition coefficient (Wildman–Crippen LogP) is 2.58. The monoisotopic (exact) mass is 401 g/mol. The van der Waals surface area contributed by atoms with E-state index in [9.17, 15) is 4.79 Å². The Morgan fingerprint density at radius 2 is 1.96 bits per heavy atom. The van der Waals surface area contributed by atoms with E-state index in [2.05, 4.69) is 36.1 Å². The number of halogens is 1. The highest BCUT2D eigenvalue weighted by Crippen LogP contribution is 2.26. The van der Waals surface area contributed by atoms with E-state index >= 15 is 0 Å². The maximum Gasteiger partial charge on any atom is 0.277 e. The van der Waals surface area contributed by atoms with E-state index in [-0.39, 0.29) is 5.91 Å². The Hall–Kier alpha value is -2.45. The van der Waals surface area contributed by atoms with Gasteiger partial charge in [-0.2, -0.15) is 0 Å². The van der Waals surface area contributed by atoms with Crippen molar-refractivity contribution in [2.75, 3.05) is 36.5 Å². The summed E-state index contributed by atoms with van der Waals surface area (Å²) >= 11 is 3.49. The first-order chi connectivity index (χ1) is 12.2. The van der Waals surface area contributed by atoms with Gasteiger partial charge in [-0.1, -0.05) is 18.2 Å². The number of carbonyl (C=O) groups is 1. The number of amides is 1. The van der Waals surface area contributed by atoms with E-state index in [0.29, 0.717) is 29.2 Å². The van der Waals surface area contributed by atoms with Gasteiger partial charge in [0.1, 0.15) is 4.60 Å². The van der Waals surface area contributed by atoms with Gasteiger partial charge < -0.3 is 15.0 Å². The Morgan fingerprint density at radius 3 is 2.72 bits per heavy atom. The van der Waals surface area contributed by atoms with Crippen molar-refractivity contribution in [2.45, 2.75) is 0 Å². The second-order valence-corrected chi connectivity index (χ2v) is 6.37. The molecule has 1 aliphatic rings. The smallest absolute Gasteiger partial charge is 0.277 e. The van der Waals surface area contributed by atoms with Gasteiger partial charge in [0.25, 0.3) is 5.91 Å². The number of hydrogen-bond donors (Lipinski definition) is 1. The van der Waals surface area contributed by atoms with Crippen LogP contribution in [0, 0.1) is 0 Å². The topological polar surface area (TPSA) is 71.8 Å². The van der Waals surface area contributed by atoms with E-state index in [0.717, 1.165) is 24.6 Å². The van der Waals surface area contributed by atoms with Crippen LogP contribution in [0.15, 0.2) is 47.3 Å². The lowest BCUT2D eigenvalue weighted by Gasteiger charge is -2.27. The molecule has 3 heterocycles. The lowest BCUT2D eigenvalue weighted by molar-refractivity contribution is 0.102. The van der Waals surface area contributed by atoms with Gasteiger partial charge in [0.2, 0.25) is 0 Å². The largest absolute Gasteiger partial charge is 0.378 e. The quantitative estimate of drug-likeness (QED) is 0.729. The van der Waals surface area contributed by atoms with Crippen molar-refractivity contribution < 1.29 is 9.53 Å². The number of imidazole rings is 1. The van der Waals surface area contributed by atoms with Gasteiger partial charge in [0.15, 0.2) is 17.2 Å². The molecule has 7 nitrogen and oxygen atoms in total. The van der Waals surface area contributed by atoms with Crippen LogP contribution in [-0.2, 0) is 4.74 Å². The van der Waals surface area contributed by atoms with Crippen LogP contribution in [0.25, 0.3) is 5.65 Å². The second-order valence-electron chi connectivity index (χ2n) is 5.62. The summed E-state index contributed by atoms with van der Waals surface area (Å²) in [6.45, 7) is 2.82. The zero-order valence-corrected chi connectivity index (χ0v) is 14.9. The molecule has 128 valence electrons. The summed E-state index contributed by atoms with van der Waals surface area (Å²) in [4.78, 5) is 23.7. The first kappa shape index (κ1) is 16.0. The number of nitrogens with one attached hydrogen (secondary N) is 1. The van der Waals surface area contributed by atoms with Crippen molar-refractivity contribution in [1.82, 2.24) is 14.4 Å². The summed E-state index contributed by atoms with van der Waals surface area (Å²) in [5, 5.41) is 2.86. The molecule has 1 aromatic carbocycles. The molecule has 0 unspecified atom stereocenters. The molecule has 1 saturated heterocycles. The molecule has 1 amide bonds. The molecule has 0 aliphatic carbocycles. The number of hydrogen-bond acceptors (Lipinski definition) is 5. The number of fused-ring (bicyclic) bond motifs is 1. The molecule has 0 radical (unpaired) electrons. The normalized spacial score (nSPS) is 14.7. The van der Waals surface area contributed by atoms with Gasteiger partial charge >= 0.3 is 0 Å². The molecule has 4 rings (SSSR count). The molecule has 3 aromatic rings. The summed E-state index contributed by atoms with van der Waals surface area (Å²) in [6.07, 6.45) is 3.50. The standard InChI is InChI=1S/C17H16BrN5O2/c18-14-13(17(24)20-12-4-2-1-3-5-12)21-16-15(19-6-7-23(14)16)22-8-10-25-11-9-22/h1-7H,8-11H2,(H,20,24). The van der Waals surface area contributed by atoms with Crippen molar-refractivity contribution in [1.29, 1.82) is 0 Å². The van der Waals surface area contributed by atoms with Crippen LogP contribution in [-0.4, -0.2) is 46.6 Å². The minimum absolute atomic E-state index is 0.269. The number of nitrogens with zero attached hydrogens (tertiary/aromatic N) is 4. The molecule has 2 aromatic heterocycles. The fourth-order valence-electron chi connectivity index (χ4n) is 2.79. The minimum Gasteiger partial charge on any atom is -0.378 e. The highest BCUT2D eigenvalue weighted by atomic mass is 79.9. The lowest BCUT2D eigenvalue weighted by Crippen LogP contribution is -2.37. The molecular formula is C17H16BrN5O2. The summed E-state index contributed by atoms with van der Waals surface area (Å²) < 4.78 is 7.83. The molecule has 0 saturated carbocycles. The maximum absolute atomic E-state index is 12.6. The van der Waals surface area contributed by atoms with Gasteiger partial charge in [-0.3, -0.25) is 9.20 Å². The Labute approximate surface area is 152 Å². The van der Waals surface area contributed by atoms with Crippen LogP contribution in [0.4, 0.5) is 11.5 Å². The van der Waals surface area contributed by atoms with E-state index in [4.69, 9.17) is 4.74 Å². The third kappa shape index (κ3) is 3.10. The number of rotatable bonds is 3. The van der Waals surface area contributed by atoms with Crippen LogP contribution in [0.2, 0.25) is 0 Å². The van der Waals surface area contributed by atoms with Crippen LogP contribution in [0.3, 0.4) is 0 Å². The van der Waals surface area contributed by atoms with Crippen molar-refractivity contribution in [2.24, 2.45) is 0 Å². The zero-order valence-electron chi connectivity index (χ0n) is 13.4. The van der Waals surface area contributed by atoms with E-state index in [1.807, 2.05) is 34.7 Å². The maximum atomic E-state index is 12.6. The van der Waals surface area contributed by atoms with E-state index in [1.165, 1.54) is 0 Å². The number of anilines is 2. The Morgan fingerprint density at radius 1 is 1.20 bits per heavy atom. The molecule has 1 aliphatic heterocycles. The van der Waals surface area contributed by atoms with E-state index in [1.54, 1.807) is 12.4 Å². The van der Waals surface area contributed by atoms with Crippen molar-refractivity contribution in [3.05, 3.63) is 53.0 Å². The highest BCUT2D eigenvalue weighted by Gasteiger charge is 2.22. The highest BCUT2D eigenvalue weighted by molar-refractivity contribution is 9.10. The lowest BCUT2D eigenvalue weighted by atomic mass is 10.3. The van der Waals surface area contributed by atoms with Gasteiger partial charge in [0.05, 0.1) is 13.2 Å². The number of benzene rings is 1. The number of ether oxygens (including phenoxy) is 1. The average molecular weight is 402 g/mol. The van der Waals surface area contributed by atoms with Crippen LogP contribution >= 0.6 is 15.9 Å². The molecule has 1 N–H and O–H groups in total. The minimum atomic E-state index is -0.269. The van der Waals surface area contributed by atoms with Crippen molar-refractivity contribution >= 4 is 39.0 Å². The molecule has 0 atom stereocenters. The molecule has 8 heteroatoms. The Bertz CT molecular complexity index is 906. The Balaban J connectivity index is 1.70. The first-order valence-electron chi connectivity index (χ1n) is 7.95. The number of para-hydroxylation sites is 1. The summed E-state index contributed by atoms with van der Waals surface area (Å²) in [6, 6.07) is 9.31. The fourth-order valence-corrected chi connectivity index (χ4v) is 3.34. The number of morpholine rings is 1. The average Bonchev–Trinajstić information content (AvgIpc) is 3.00. The first-order valence-corrected chi connectivity index (χ1v) is 8.75. The van der Waals surface area contributed by atoms with Gasteiger partial charge in [-0.05, 0) is 28.1 Å². The molecule has 25 heavy (non-hydrogen) atoms. The summed E-state index contributed by atoms with van der Waals surface area (Å²) in [5.41, 5.74) is 1.70. The summed E-state index contributed by atoms with van der Waals surface area (Å²) in [7, 11) is 0. The van der Waals surface area contributed by atoms with Gasteiger partial charge in [-0.25, -0.2) is 9.97 Å². The van der Waals surface area contributed by atoms with Gasteiger partial charge in [-0.15, -0.1) is 0 Å². The number of aromatic nitrogens is 3. The molecule has 1 fully saturated rings. The SMILES string of the molecule is O=C(Nc1ccccc1)c1nc2c(N3CCOCC3)nccn2c1Br. The summed E-state index contributed by atoms with van der Waals surface area (Å²) in [5.74, 6) is 0.486. The Kier molecular flexibility index (Phi) is 4.37. The van der Waals surface area contributed by atoms with Crippen LogP contribution in [0.1, 0.15) is 10.5 Å². The molecule has 0 spiro atoms.